The highest BCUT2D eigenvalue weighted by Crippen LogP contribution is 2.29. The van der Waals surface area contributed by atoms with Crippen molar-refractivity contribution < 1.29 is 37.0 Å². The van der Waals surface area contributed by atoms with Crippen molar-refractivity contribution in [1.82, 2.24) is 20.0 Å². The Balaban J connectivity index is 1.77. The Morgan fingerprint density at radius 3 is 2.39 bits per heavy atom. The first-order valence-corrected chi connectivity index (χ1v) is 11.5. The van der Waals surface area contributed by atoms with E-state index in [4.69, 9.17) is 9.47 Å². The number of aromatic nitrogens is 2. The van der Waals surface area contributed by atoms with Crippen LogP contribution in [0.1, 0.15) is 62.2 Å². The fraction of sp³-hybridized carbons (Fsp3) is 0.500. The number of alkyl halides is 3. The lowest BCUT2D eigenvalue weighted by atomic mass is 10.2. The monoisotopic (exact) mass is 510 g/mol. The predicted octanol–water partition coefficient (Wildman–Crippen LogP) is 4.08. The average Bonchev–Trinajstić information content (AvgIpc) is 3.44. The number of halogens is 3. The van der Waals surface area contributed by atoms with E-state index < -0.39 is 41.4 Å². The van der Waals surface area contributed by atoms with Gasteiger partial charge in [-0.2, -0.15) is 18.3 Å². The lowest BCUT2D eigenvalue weighted by Crippen LogP contribution is -2.47. The Labute approximate surface area is 206 Å². The largest absolute Gasteiger partial charge is 0.461 e. The minimum absolute atomic E-state index is 0.0764. The molecule has 2 aromatic rings. The molecule has 0 unspecified atom stereocenters. The molecule has 0 radical (unpaired) electrons. The zero-order valence-electron chi connectivity index (χ0n) is 20.5. The van der Waals surface area contributed by atoms with Gasteiger partial charge in [-0.15, -0.1) is 0 Å². The van der Waals surface area contributed by atoms with Gasteiger partial charge in [0.2, 0.25) is 5.91 Å². The van der Waals surface area contributed by atoms with Crippen molar-refractivity contribution in [3.8, 4) is 5.69 Å². The zero-order valence-corrected chi connectivity index (χ0v) is 20.5. The first-order valence-electron chi connectivity index (χ1n) is 11.5. The van der Waals surface area contributed by atoms with Crippen LogP contribution in [0.5, 0.6) is 0 Å². The molecule has 0 saturated carbocycles. The summed E-state index contributed by atoms with van der Waals surface area (Å²) in [5, 5.41) is 6.90. The van der Waals surface area contributed by atoms with E-state index in [1.54, 1.807) is 27.7 Å². The number of nitrogens with one attached hydrogen (secondary N) is 1. The molecule has 2 heterocycles. The van der Waals surface area contributed by atoms with Crippen LogP contribution >= 0.6 is 0 Å². The smallest absolute Gasteiger partial charge is 0.416 e. The van der Waals surface area contributed by atoms with Gasteiger partial charge < -0.3 is 14.8 Å². The lowest BCUT2D eigenvalue weighted by Gasteiger charge is -2.28. The van der Waals surface area contributed by atoms with Crippen LogP contribution in [-0.2, 0) is 27.0 Å². The van der Waals surface area contributed by atoms with E-state index >= 15 is 0 Å². The van der Waals surface area contributed by atoms with Gasteiger partial charge in [-0.1, -0.05) is 0 Å². The summed E-state index contributed by atoms with van der Waals surface area (Å²) in [5.74, 6) is -1.15. The summed E-state index contributed by atoms with van der Waals surface area (Å²) in [5.41, 5.74) is -1.00. The van der Waals surface area contributed by atoms with Gasteiger partial charge in [0.15, 0.2) is 5.69 Å². The fourth-order valence-corrected chi connectivity index (χ4v) is 3.72. The van der Waals surface area contributed by atoms with E-state index in [0.717, 1.165) is 12.1 Å². The molecule has 1 saturated heterocycles. The number of amides is 2. The number of hydrogen-bond acceptors (Lipinski definition) is 6. The summed E-state index contributed by atoms with van der Waals surface area (Å²) in [6, 6.07) is 3.55. The molecule has 0 aliphatic carbocycles. The number of nitrogens with zero attached hydrogens (tertiary/aromatic N) is 3. The molecule has 9 nitrogen and oxygen atoms in total. The SMILES string of the molecule is CCOC(=O)c1nn(-c2ccc(C(F)(F)F)cc2)cc1CNC(=O)[C@@H]1CCCN1C(=O)OC(C)(C)C. The molecule has 1 aliphatic heterocycles. The maximum absolute atomic E-state index is 12.9. The third-order valence-electron chi connectivity index (χ3n) is 5.35. The summed E-state index contributed by atoms with van der Waals surface area (Å²) in [6.45, 7) is 7.20. The van der Waals surface area contributed by atoms with Crippen LogP contribution in [0.3, 0.4) is 0 Å². The Kier molecular flexibility index (Phi) is 7.95. The standard InChI is InChI=1S/C24H29F3N4O5/c1-5-35-21(33)19-15(14-31(29-19)17-10-8-16(9-11-17)24(25,26)27)13-28-20(32)18-7-6-12-30(18)22(34)36-23(2,3)4/h8-11,14,18H,5-7,12-13H2,1-4H3,(H,28,32)/t18-/m0/s1. The highest BCUT2D eigenvalue weighted by Gasteiger charge is 2.36. The molecule has 1 atom stereocenters. The van der Waals surface area contributed by atoms with Crippen molar-refractivity contribution in [3.05, 3.63) is 47.3 Å². The second-order valence-corrected chi connectivity index (χ2v) is 9.26. The van der Waals surface area contributed by atoms with E-state index in [9.17, 15) is 27.6 Å². The second kappa shape index (κ2) is 10.6. The number of carbonyl (C=O) groups is 3. The van der Waals surface area contributed by atoms with E-state index in [1.165, 1.54) is 27.9 Å². The molecular weight excluding hydrogens is 481 g/mol. The lowest BCUT2D eigenvalue weighted by molar-refractivity contribution is -0.137. The van der Waals surface area contributed by atoms with Crippen LogP contribution < -0.4 is 5.32 Å². The molecule has 0 bridgehead atoms. The predicted molar refractivity (Wildman–Crippen MR) is 122 cm³/mol. The van der Waals surface area contributed by atoms with Gasteiger partial charge >= 0.3 is 18.2 Å². The second-order valence-electron chi connectivity index (χ2n) is 9.26. The minimum Gasteiger partial charge on any atom is -0.461 e. The quantitative estimate of drug-likeness (QED) is 0.588. The van der Waals surface area contributed by atoms with Gasteiger partial charge in [0.05, 0.1) is 17.9 Å². The van der Waals surface area contributed by atoms with E-state index in [1.807, 2.05) is 0 Å². The number of esters is 1. The molecule has 2 amide bonds. The number of rotatable bonds is 6. The number of carbonyl (C=O) groups excluding carboxylic acids is 3. The molecule has 1 N–H and O–H groups in total. The number of benzene rings is 1. The normalized spacial score (nSPS) is 16.1. The Morgan fingerprint density at radius 2 is 1.81 bits per heavy atom. The summed E-state index contributed by atoms with van der Waals surface area (Å²) < 4.78 is 50.3. The molecule has 1 fully saturated rings. The van der Waals surface area contributed by atoms with Crippen LogP contribution in [0.2, 0.25) is 0 Å². The van der Waals surface area contributed by atoms with Crippen molar-refractivity contribution >= 4 is 18.0 Å². The molecule has 196 valence electrons. The Bertz CT molecular complexity index is 1110. The van der Waals surface area contributed by atoms with Crippen LogP contribution in [0, 0.1) is 0 Å². The maximum Gasteiger partial charge on any atom is 0.416 e. The topological polar surface area (TPSA) is 103 Å². The van der Waals surface area contributed by atoms with Gasteiger partial charge in [0, 0.05) is 24.8 Å². The highest BCUT2D eigenvalue weighted by molar-refractivity contribution is 5.90. The fourth-order valence-electron chi connectivity index (χ4n) is 3.72. The van der Waals surface area contributed by atoms with E-state index in [-0.39, 0.29) is 24.5 Å². The van der Waals surface area contributed by atoms with Gasteiger partial charge in [0.1, 0.15) is 11.6 Å². The highest BCUT2D eigenvalue weighted by atomic mass is 19.4. The van der Waals surface area contributed by atoms with Gasteiger partial charge in [0.25, 0.3) is 0 Å². The Hall–Kier alpha value is -3.57. The minimum atomic E-state index is -4.48. The first kappa shape index (κ1) is 27.0. The third kappa shape index (κ3) is 6.55. The maximum atomic E-state index is 12.9. The third-order valence-corrected chi connectivity index (χ3v) is 5.35. The van der Waals surface area contributed by atoms with Crippen molar-refractivity contribution in [3.63, 3.8) is 0 Å². The van der Waals surface area contributed by atoms with Crippen molar-refractivity contribution in [2.45, 2.75) is 64.9 Å². The molecule has 3 rings (SSSR count). The van der Waals surface area contributed by atoms with Crippen molar-refractivity contribution in [2.24, 2.45) is 0 Å². The van der Waals surface area contributed by atoms with Crippen molar-refractivity contribution in [1.29, 1.82) is 0 Å². The summed E-state index contributed by atoms with van der Waals surface area (Å²) in [4.78, 5) is 39.2. The van der Waals surface area contributed by atoms with Gasteiger partial charge in [-0.3, -0.25) is 9.69 Å². The molecule has 36 heavy (non-hydrogen) atoms. The summed E-state index contributed by atoms with van der Waals surface area (Å²) >= 11 is 0. The summed E-state index contributed by atoms with van der Waals surface area (Å²) in [7, 11) is 0. The molecule has 1 aromatic carbocycles. The van der Waals surface area contributed by atoms with Gasteiger partial charge in [-0.05, 0) is 64.8 Å². The van der Waals surface area contributed by atoms with E-state index in [0.29, 0.717) is 24.9 Å². The molecular formula is C24H29F3N4O5. The number of likely N-dealkylation sites (tertiary alicyclic amines) is 1. The molecule has 1 aliphatic rings. The molecule has 12 heteroatoms. The van der Waals surface area contributed by atoms with Crippen LogP contribution in [-0.4, -0.2) is 57.4 Å². The van der Waals surface area contributed by atoms with Gasteiger partial charge in [-0.25, -0.2) is 14.3 Å². The van der Waals surface area contributed by atoms with Crippen LogP contribution in [0.4, 0.5) is 18.0 Å². The first-order chi connectivity index (χ1) is 16.8. The summed E-state index contributed by atoms with van der Waals surface area (Å²) in [6.07, 6.45) is -2.53. The van der Waals surface area contributed by atoms with Crippen molar-refractivity contribution in [2.75, 3.05) is 13.2 Å². The van der Waals surface area contributed by atoms with Crippen LogP contribution in [0.25, 0.3) is 5.69 Å². The average molecular weight is 511 g/mol. The van der Waals surface area contributed by atoms with E-state index in [2.05, 4.69) is 10.4 Å². The Morgan fingerprint density at radius 1 is 1.14 bits per heavy atom. The van der Waals surface area contributed by atoms with Crippen LogP contribution in [0.15, 0.2) is 30.5 Å². The number of hydrogen-bond donors (Lipinski definition) is 1. The molecule has 1 aromatic heterocycles. The zero-order chi connectivity index (χ0) is 26.7. The molecule has 0 spiro atoms. The number of ether oxygens (including phenoxy) is 2.